The molecule has 0 saturated carbocycles. The van der Waals surface area contributed by atoms with Gasteiger partial charge in [-0.1, -0.05) is 39.5 Å². The molecule has 2 aromatic heterocycles. The summed E-state index contributed by atoms with van der Waals surface area (Å²) < 4.78 is 71.5. The number of halogens is 1. The maximum atomic E-state index is 12.3. The lowest BCUT2D eigenvalue weighted by atomic mass is 9.97. The number of ether oxygens (including phenoxy) is 10. The van der Waals surface area contributed by atoms with E-state index >= 15 is 0 Å². The third-order valence-corrected chi connectivity index (χ3v) is 18.7. The molecular formula is C73H124FN13O27. The van der Waals surface area contributed by atoms with Gasteiger partial charge in [-0.2, -0.15) is 9.97 Å². The number of aliphatic hydroxyl groups is 6. The summed E-state index contributed by atoms with van der Waals surface area (Å²) in [5, 5.41) is 73.9. The highest BCUT2D eigenvalue weighted by atomic mass is 19.1. The van der Waals surface area contributed by atoms with Gasteiger partial charge in [0, 0.05) is 113 Å². The monoisotopic (exact) mass is 1630 g/mol. The first-order valence-corrected chi connectivity index (χ1v) is 39.0. The number of anilines is 2. The molecule has 5 aliphatic rings. The molecule has 0 spiro atoms. The molecule has 114 heavy (non-hydrogen) atoms. The third kappa shape index (κ3) is 37.7. The summed E-state index contributed by atoms with van der Waals surface area (Å²) in [5.41, 5.74) is 16.6. The van der Waals surface area contributed by atoms with Gasteiger partial charge < -0.3 is 127 Å². The first kappa shape index (κ1) is 97.1. The number of unbranched alkanes of at least 4 members (excludes halogenated alkanes) is 4. The average molecular weight is 1640 g/mol. The predicted molar refractivity (Wildman–Crippen MR) is 404 cm³/mol. The Morgan fingerprint density at radius 1 is 0.518 bits per heavy atom. The number of aliphatic hydroxyl groups excluding tert-OH is 6. The number of carbonyl (C=O) groups is 8. The van der Waals surface area contributed by atoms with Crippen LogP contribution in [0.25, 0.3) is 0 Å². The Morgan fingerprint density at radius 2 is 0.877 bits per heavy atom. The maximum Gasteiger partial charge on any atom is 0.351 e. The smallest absolute Gasteiger partial charge is 0.351 e. The van der Waals surface area contributed by atoms with E-state index in [4.69, 9.17) is 70.8 Å². The van der Waals surface area contributed by atoms with Crippen LogP contribution in [0, 0.1) is 11.8 Å². The molecule has 0 aliphatic carbocycles. The van der Waals surface area contributed by atoms with Crippen molar-refractivity contribution < 1.29 is 127 Å². The Morgan fingerprint density at radius 3 is 1.25 bits per heavy atom. The molecule has 0 aromatic carbocycles. The molecule has 5 fully saturated rings. The lowest BCUT2D eigenvalue weighted by molar-refractivity contribution is -0.197. The minimum absolute atomic E-state index is 0.0178. The zero-order valence-electron chi connectivity index (χ0n) is 66.6. The molecule has 2 aromatic rings. The van der Waals surface area contributed by atoms with E-state index < -0.39 is 98.6 Å². The Bertz CT molecular complexity index is 3290. The fraction of sp³-hybridized carbons (Fsp3) is 0.781. The standard InChI is InChI=1S/C34H58N6O12.C23H41N5O10.C15H22N2O5.CH3F/c1-23-20-29(44)38-25(23)7-3-2-4-8-27(42)37-11-13-49-15-17-51-19-18-50-16-14-48-12-9-28(43)36-10-5-6-24-21-40(34(47)39-32(24)35)33-31(46)30(45)26(22-41)52-33;24-4-7-35-9-11-37-13-12-36-10-8-34-6-3-18(30)26-5-1-2-16-14-28(23(33)27-21(16)25)22-20(32)19(31)17(15-29)38-22;1-10-9-12(18)16-11(10)5-3-2-4-6-15(21)22-17-13(19)7-8-14(17)20;1-2/h21,23,25-26,30-31,33,41,45-46H,2-20,22H2,1H3,(H,36,43)(H,37,42)(H,38,44)(H2,35,39,47);14,17,19-20,22,29,31-32H,1-13,15,24H2,(H,26,30)(H2,25,27,33);10-11H,2-9H2,1H3,(H,16,18);1H3/t23-,25-,26-,30?,31+,33-;17-,19?,20+,22-;10-,11-;/m111./s1/i;;;1D. The number of nitrogen functional groups attached to an aromatic ring is 2. The summed E-state index contributed by atoms with van der Waals surface area (Å²) in [6.07, 6.45) is 4.14. The van der Waals surface area contributed by atoms with Crippen molar-refractivity contribution in [1.82, 2.24) is 50.7 Å². The summed E-state index contributed by atoms with van der Waals surface area (Å²) in [4.78, 5) is 130. The van der Waals surface area contributed by atoms with Crippen molar-refractivity contribution in [1.29, 1.82) is 0 Å². The SMILES string of the molecule is C[C@@H]1CC(=O)N[C@@H]1CCCCCC(=O)NCCOCCOCCOCCOCCC(=O)NCCCc1cn([C@@H]2O[C@H](CO)C(O)[C@@H]2O)c(=O)nc1N.C[C@@H]1CC(=O)N[C@@H]1CCCCCC(=O)ON1C(=O)CCC1=O.NCCOCCOCCOCCOCCC(=O)NCCCc1cn([C@@H]2O[C@H](CO)C(O)[C@@H]2O)c(=O)nc1N.[2H]CF. The topological polar surface area (TPSA) is 571 Å². The summed E-state index contributed by atoms with van der Waals surface area (Å²) in [6.45, 7) is 11.2. The van der Waals surface area contributed by atoms with E-state index in [9.17, 15) is 83.0 Å². The Balaban J connectivity index is 0.000000384. The number of amides is 7. The lowest BCUT2D eigenvalue weighted by Crippen LogP contribution is -2.36. The summed E-state index contributed by atoms with van der Waals surface area (Å²) >= 11 is 0. The number of nitrogens with two attached hydrogens (primary N) is 3. The van der Waals surface area contributed by atoms with Gasteiger partial charge in [-0.25, -0.2) is 14.4 Å². The number of nitrogens with zero attached hydrogens (tertiary/aromatic N) is 5. The Hall–Kier alpha value is -7.43. The van der Waals surface area contributed by atoms with Crippen molar-refractivity contribution in [3.8, 4) is 0 Å². The number of aromatic nitrogens is 4. The second-order valence-corrected chi connectivity index (χ2v) is 27.5. The first-order valence-electron chi connectivity index (χ1n) is 39.7. The van der Waals surface area contributed by atoms with Gasteiger partial charge in [-0.3, -0.25) is 47.1 Å². The number of carbonyl (C=O) groups excluding carboxylic acids is 8. The van der Waals surface area contributed by atoms with E-state index in [-0.39, 0.29) is 98.6 Å². The van der Waals surface area contributed by atoms with Crippen LogP contribution >= 0.6 is 0 Å². The number of hydrogen-bond acceptors (Lipinski definition) is 32. The molecule has 12 atom stereocenters. The zero-order chi connectivity index (χ0) is 84.3. The molecular weight excluding hydrogens is 1510 g/mol. The van der Waals surface area contributed by atoms with E-state index in [1.165, 1.54) is 12.4 Å². The number of hydrogen-bond donors (Lipinski definition) is 14. The highest BCUT2D eigenvalue weighted by molar-refractivity contribution is 6.01. The largest absolute Gasteiger partial charge is 0.394 e. The van der Waals surface area contributed by atoms with Crippen molar-refractivity contribution >= 4 is 59.0 Å². The average Bonchev–Trinajstić information content (AvgIpc) is 1.69. The molecule has 7 rings (SSSR count). The van der Waals surface area contributed by atoms with E-state index in [1.54, 1.807) is 0 Å². The van der Waals surface area contributed by atoms with E-state index in [0.29, 0.717) is 198 Å². The quantitative estimate of drug-likeness (QED) is 0.0233. The Labute approximate surface area is 663 Å². The van der Waals surface area contributed by atoms with Gasteiger partial charge in [0.15, 0.2) is 12.5 Å². The zero-order valence-corrected chi connectivity index (χ0v) is 65.6. The van der Waals surface area contributed by atoms with Crippen LogP contribution in [0.3, 0.4) is 0 Å². The minimum Gasteiger partial charge on any atom is -0.394 e. The lowest BCUT2D eigenvalue weighted by Gasteiger charge is -2.18. The van der Waals surface area contributed by atoms with Crippen LogP contribution in [-0.2, 0) is 103 Å². The van der Waals surface area contributed by atoms with Gasteiger partial charge in [0.2, 0.25) is 29.5 Å². The van der Waals surface area contributed by atoms with Crippen molar-refractivity contribution in [3.63, 3.8) is 0 Å². The van der Waals surface area contributed by atoms with Crippen molar-refractivity contribution in [2.75, 3.05) is 164 Å². The van der Waals surface area contributed by atoms with Crippen LogP contribution in [-0.4, -0.2) is 303 Å². The molecule has 650 valence electrons. The predicted octanol–water partition coefficient (Wildman–Crippen LogP) is -2.91. The number of hydroxylamine groups is 2. The maximum absolute atomic E-state index is 12.3. The number of imide groups is 1. The van der Waals surface area contributed by atoms with Crippen LogP contribution < -0.4 is 55.2 Å². The van der Waals surface area contributed by atoms with Gasteiger partial charge >= 0.3 is 17.3 Å². The molecule has 5 aliphatic heterocycles. The molecule has 17 N–H and O–H groups in total. The molecule has 0 radical (unpaired) electrons. The van der Waals surface area contributed by atoms with Gasteiger partial charge in [-0.15, -0.1) is 5.06 Å². The van der Waals surface area contributed by atoms with E-state index in [2.05, 4.69) is 50.4 Å². The molecule has 2 unspecified atom stereocenters. The van der Waals surface area contributed by atoms with Crippen LogP contribution in [0.2, 0.25) is 0 Å². The molecule has 7 amide bonds. The van der Waals surface area contributed by atoms with Gasteiger partial charge in [-0.05, 0) is 63.2 Å². The number of nitrogens with one attached hydrogen (secondary N) is 5. The molecule has 41 heteroatoms. The van der Waals surface area contributed by atoms with Gasteiger partial charge in [0.25, 0.3) is 11.8 Å². The van der Waals surface area contributed by atoms with Crippen LogP contribution in [0.5, 0.6) is 0 Å². The summed E-state index contributed by atoms with van der Waals surface area (Å²) in [7, 11) is -1.00. The third-order valence-electron chi connectivity index (χ3n) is 18.7. The van der Waals surface area contributed by atoms with Gasteiger partial charge in [0.05, 0.1) is 127 Å². The highest BCUT2D eigenvalue weighted by Gasteiger charge is 2.45. The number of aryl methyl sites for hydroxylation is 2. The summed E-state index contributed by atoms with van der Waals surface area (Å²) in [6, 6.07) is 0.506. The second kappa shape index (κ2) is 57.6. The molecule has 40 nitrogen and oxygen atoms in total. The normalized spacial score (nSPS) is 22.4. The Kier molecular flexibility index (Phi) is 49.1. The van der Waals surface area contributed by atoms with E-state index in [1.807, 2.05) is 0 Å². The van der Waals surface area contributed by atoms with Crippen LogP contribution in [0.15, 0.2) is 22.0 Å². The molecule has 7 heterocycles. The first-order chi connectivity index (χ1) is 55.4. The van der Waals surface area contributed by atoms with Crippen molar-refractivity contribution in [3.05, 3.63) is 44.5 Å². The second-order valence-electron chi connectivity index (χ2n) is 27.5. The minimum atomic E-state index is -1.43. The summed E-state index contributed by atoms with van der Waals surface area (Å²) in [5.74, 6) is -0.738. The van der Waals surface area contributed by atoms with Crippen LogP contribution in [0.4, 0.5) is 16.0 Å². The highest BCUT2D eigenvalue weighted by Crippen LogP contribution is 2.31. The van der Waals surface area contributed by atoms with Gasteiger partial charge in [0.1, 0.15) is 48.3 Å². The van der Waals surface area contributed by atoms with Crippen LogP contribution in [0.1, 0.15) is 154 Å². The van der Waals surface area contributed by atoms with Crippen molar-refractivity contribution in [2.24, 2.45) is 17.6 Å². The molecule has 0 bridgehead atoms. The number of rotatable bonds is 54. The fourth-order valence-corrected chi connectivity index (χ4v) is 12.3. The van der Waals surface area contributed by atoms with E-state index in [0.717, 1.165) is 54.1 Å². The fourth-order valence-electron chi connectivity index (χ4n) is 12.3. The number of alkyl halides is 1. The molecule has 5 saturated heterocycles. The van der Waals surface area contributed by atoms with Crippen molar-refractivity contribution in [2.45, 2.75) is 203 Å².